The second-order valence-electron chi connectivity index (χ2n) is 7.29. The molecule has 8 nitrogen and oxygen atoms in total. The number of nitrogens with one attached hydrogen (secondary N) is 1. The fraction of sp³-hybridized carbons (Fsp3) is 0.167. The van der Waals surface area contributed by atoms with E-state index in [1.54, 1.807) is 19.2 Å². The Kier molecular flexibility index (Phi) is 7.30. The molecule has 9 heteroatoms. The lowest BCUT2D eigenvalue weighted by Gasteiger charge is -2.13. The third kappa shape index (κ3) is 5.67. The summed E-state index contributed by atoms with van der Waals surface area (Å²) in [5, 5.41) is 33.0. The van der Waals surface area contributed by atoms with Crippen LogP contribution in [0.4, 0.5) is 0 Å². The zero-order valence-electron chi connectivity index (χ0n) is 18.2. The molecule has 1 amide bonds. The third-order valence-electron chi connectivity index (χ3n) is 4.82. The summed E-state index contributed by atoms with van der Waals surface area (Å²) in [7, 11) is 1.56. The number of hydrogen-bond donors (Lipinski definition) is 4. The second-order valence-corrected chi connectivity index (χ2v) is 7.67. The number of rotatable bonds is 7. The van der Waals surface area contributed by atoms with Crippen molar-refractivity contribution in [1.82, 2.24) is 5.43 Å². The summed E-state index contributed by atoms with van der Waals surface area (Å²) in [6, 6.07) is 11.1. The van der Waals surface area contributed by atoms with E-state index in [4.69, 9.17) is 21.1 Å². The Bertz CT molecular complexity index is 1180. The first-order valence-electron chi connectivity index (χ1n) is 9.84. The lowest BCUT2D eigenvalue weighted by Crippen LogP contribution is -2.17. The summed E-state index contributed by atoms with van der Waals surface area (Å²) in [6.07, 6.45) is 1.43. The Hall–Kier alpha value is -3.91. The Morgan fingerprint density at radius 3 is 2.30 bits per heavy atom. The fourth-order valence-electron chi connectivity index (χ4n) is 3.11. The molecule has 0 fully saturated rings. The number of phenols is 3. The van der Waals surface area contributed by atoms with E-state index in [-0.39, 0.29) is 12.2 Å². The number of aryl methyl sites for hydroxylation is 2. The second kappa shape index (κ2) is 10.1. The number of halogens is 1. The van der Waals surface area contributed by atoms with Gasteiger partial charge in [-0.1, -0.05) is 11.6 Å². The SMILES string of the molecule is COc1ccc(/C=N\NC(=O)c2cc(O)c(O)c(O)c2)cc1COc1cc(C)c(Cl)c(C)c1. The van der Waals surface area contributed by atoms with Crippen molar-refractivity contribution in [1.29, 1.82) is 0 Å². The van der Waals surface area contributed by atoms with Crippen LogP contribution in [0.2, 0.25) is 5.02 Å². The van der Waals surface area contributed by atoms with Crippen LogP contribution < -0.4 is 14.9 Å². The number of ether oxygens (including phenoxy) is 2. The summed E-state index contributed by atoms with van der Waals surface area (Å²) in [4.78, 5) is 12.2. The summed E-state index contributed by atoms with van der Waals surface area (Å²) in [6.45, 7) is 4.06. The van der Waals surface area contributed by atoms with E-state index in [1.807, 2.05) is 32.0 Å². The van der Waals surface area contributed by atoms with Gasteiger partial charge >= 0.3 is 0 Å². The molecule has 3 rings (SSSR count). The summed E-state index contributed by atoms with van der Waals surface area (Å²) in [5.74, 6) is -1.30. The number of nitrogens with zero attached hydrogens (tertiary/aromatic N) is 1. The number of carbonyl (C=O) groups excluding carboxylic acids is 1. The van der Waals surface area contributed by atoms with Gasteiger partial charge in [0.25, 0.3) is 5.91 Å². The molecule has 0 saturated carbocycles. The molecular formula is C24H23ClN2O6. The number of phenolic OH excluding ortho intramolecular Hbond substituents is 3. The third-order valence-corrected chi connectivity index (χ3v) is 5.42. The molecule has 3 aromatic rings. The number of carbonyl (C=O) groups is 1. The molecule has 0 unspecified atom stereocenters. The Morgan fingerprint density at radius 1 is 1.06 bits per heavy atom. The molecule has 4 N–H and O–H groups in total. The number of benzene rings is 3. The first kappa shape index (κ1) is 23.7. The molecule has 0 heterocycles. The van der Waals surface area contributed by atoms with Gasteiger partial charge in [0.15, 0.2) is 17.2 Å². The molecule has 0 radical (unpaired) electrons. The van der Waals surface area contributed by atoms with E-state index in [0.717, 1.165) is 28.8 Å². The fourth-order valence-corrected chi connectivity index (χ4v) is 3.22. The van der Waals surface area contributed by atoms with Gasteiger partial charge in [-0.05, 0) is 73.0 Å². The van der Waals surface area contributed by atoms with Crippen LogP contribution in [0.25, 0.3) is 0 Å². The molecule has 0 aliphatic heterocycles. The van der Waals surface area contributed by atoms with Gasteiger partial charge in [0.05, 0.1) is 13.3 Å². The first-order chi connectivity index (χ1) is 15.7. The molecule has 0 bridgehead atoms. The molecule has 0 aliphatic rings. The van der Waals surface area contributed by atoms with Crippen molar-refractivity contribution in [3.8, 4) is 28.7 Å². The Morgan fingerprint density at radius 2 is 1.70 bits per heavy atom. The summed E-state index contributed by atoms with van der Waals surface area (Å²) < 4.78 is 11.3. The van der Waals surface area contributed by atoms with Crippen LogP contribution in [0.5, 0.6) is 28.7 Å². The van der Waals surface area contributed by atoms with Crippen molar-refractivity contribution in [2.45, 2.75) is 20.5 Å². The normalized spacial score (nSPS) is 10.9. The van der Waals surface area contributed by atoms with Crippen LogP contribution in [0.15, 0.2) is 47.6 Å². The van der Waals surface area contributed by atoms with Gasteiger partial charge in [0.1, 0.15) is 18.1 Å². The first-order valence-corrected chi connectivity index (χ1v) is 10.2. The van der Waals surface area contributed by atoms with Crippen LogP contribution in [-0.4, -0.2) is 34.6 Å². The highest BCUT2D eigenvalue weighted by Gasteiger charge is 2.13. The van der Waals surface area contributed by atoms with Crippen molar-refractivity contribution in [2.24, 2.45) is 5.10 Å². The topological polar surface area (TPSA) is 121 Å². The van der Waals surface area contributed by atoms with E-state index >= 15 is 0 Å². The largest absolute Gasteiger partial charge is 0.504 e. The maximum Gasteiger partial charge on any atom is 0.271 e. The van der Waals surface area contributed by atoms with Crippen LogP contribution in [0.1, 0.15) is 32.6 Å². The molecule has 0 atom stereocenters. The standard InChI is InChI=1S/C24H23ClN2O6/c1-13-6-18(7-14(2)22(13)25)33-12-17-8-15(4-5-21(17)32-3)11-26-27-24(31)16-9-19(28)23(30)20(29)10-16/h4-11,28-30H,12H2,1-3H3,(H,27,31)/b26-11-. The number of methoxy groups -OCH3 is 1. The number of hydrazone groups is 1. The van der Waals surface area contributed by atoms with Crippen LogP contribution in [0, 0.1) is 13.8 Å². The van der Waals surface area contributed by atoms with E-state index in [0.29, 0.717) is 22.1 Å². The maximum absolute atomic E-state index is 12.2. The minimum absolute atomic E-state index is 0.0719. The Labute approximate surface area is 195 Å². The van der Waals surface area contributed by atoms with Crippen molar-refractivity contribution in [3.05, 3.63) is 75.3 Å². The van der Waals surface area contributed by atoms with E-state index in [2.05, 4.69) is 10.5 Å². The van der Waals surface area contributed by atoms with E-state index < -0.39 is 23.2 Å². The number of aromatic hydroxyl groups is 3. The average Bonchev–Trinajstić information content (AvgIpc) is 2.79. The molecular weight excluding hydrogens is 448 g/mol. The van der Waals surface area contributed by atoms with E-state index in [1.165, 1.54) is 6.21 Å². The van der Waals surface area contributed by atoms with Crippen LogP contribution >= 0.6 is 11.6 Å². The smallest absolute Gasteiger partial charge is 0.271 e. The number of amides is 1. The maximum atomic E-state index is 12.2. The highest BCUT2D eigenvalue weighted by atomic mass is 35.5. The van der Waals surface area contributed by atoms with Crippen molar-refractivity contribution >= 4 is 23.7 Å². The molecule has 0 aromatic heterocycles. The minimum atomic E-state index is -0.702. The summed E-state index contributed by atoms with van der Waals surface area (Å²) >= 11 is 6.21. The van der Waals surface area contributed by atoms with Gasteiger partial charge in [0, 0.05) is 16.1 Å². The van der Waals surface area contributed by atoms with Gasteiger partial charge < -0.3 is 24.8 Å². The predicted octanol–water partition coefficient (Wildman–Crippen LogP) is 4.43. The predicted molar refractivity (Wildman–Crippen MR) is 125 cm³/mol. The van der Waals surface area contributed by atoms with Gasteiger partial charge in [0.2, 0.25) is 0 Å². The van der Waals surface area contributed by atoms with Crippen LogP contribution in [-0.2, 0) is 6.61 Å². The average molecular weight is 471 g/mol. The molecule has 33 heavy (non-hydrogen) atoms. The lowest BCUT2D eigenvalue weighted by molar-refractivity contribution is 0.0954. The molecule has 3 aromatic carbocycles. The van der Waals surface area contributed by atoms with Gasteiger partial charge in [-0.2, -0.15) is 5.10 Å². The van der Waals surface area contributed by atoms with Gasteiger partial charge in [-0.15, -0.1) is 0 Å². The number of hydrogen-bond acceptors (Lipinski definition) is 7. The highest BCUT2D eigenvalue weighted by Crippen LogP contribution is 2.35. The zero-order valence-corrected chi connectivity index (χ0v) is 19.0. The summed E-state index contributed by atoms with van der Waals surface area (Å²) in [5.41, 5.74) is 5.51. The molecule has 0 aliphatic carbocycles. The molecule has 172 valence electrons. The van der Waals surface area contributed by atoms with E-state index in [9.17, 15) is 20.1 Å². The monoisotopic (exact) mass is 470 g/mol. The van der Waals surface area contributed by atoms with Gasteiger partial charge in [-0.3, -0.25) is 4.79 Å². The lowest BCUT2D eigenvalue weighted by atomic mass is 10.1. The highest BCUT2D eigenvalue weighted by molar-refractivity contribution is 6.32. The zero-order chi connectivity index (χ0) is 24.1. The van der Waals surface area contributed by atoms with Gasteiger partial charge in [-0.25, -0.2) is 5.43 Å². The van der Waals surface area contributed by atoms with Crippen molar-refractivity contribution in [3.63, 3.8) is 0 Å². The van der Waals surface area contributed by atoms with Crippen LogP contribution in [0.3, 0.4) is 0 Å². The minimum Gasteiger partial charge on any atom is -0.504 e. The Balaban J connectivity index is 1.71. The van der Waals surface area contributed by atoms with Crippen molar-refractivity contribution < 1.29 is 29.6 Å². The molecule has 0 saturated heterocycles. The quantitative estimate of drug-likeness (QED) is 0.230. The van der Waals surface area contributed by atoms with Crippen molar-refractivity contribution in [2.75, 3.05) is 7.11 Å². The molecule has 0 spiro atoms.